The lowest BCUT2D eigenvalue weighted by Gasteiger charge is -2.17. The van der Waals surface area contributed by atoms with Crippen LogP contribution in [0.4, 0.5) is 0 Å². The monoisotopic (exact) mass is 414 g/mol. The van der Waals surface area contributed by atoms with Crippen LogP contribution >= 0.6 is 12.2 Å². The van der Waals surface area contributed by atoms with Gasteiger partial charge in [0.1, 0.15) is 6.54 Å². The van der Waals surface area contributed by atoms with Crippen LogP contribution in [0.2, 0.25) is 0 Å². The van der Waals surface area contributed by atoms with E-state index in [2.05, 4.69) is 44.3 Å². The summed E-state index contributed by atoms with van der Waals surface area (Å²) in [4.78, 5) is 1.23. The number of aromatic nitrogens is 4. The van der Waals surface area contributed by atoms with Crippen LogP contribution in [0.1, 0.15) is 22.3 Å². The topological polar surface area (TPSA) is 58.5 Å². The number of rotatable bonds is 7. The number of ether oxygens (including phenoxy) is 2. The Bertz CT molecular complexity index is 1070. The lowest BCUT2D eigenvalue weighted by atomic mass is 10.1. The second kappa shape index (κ2) is 8.75. The zero-order chi connectivity index (χ0) is 21.1. The normalized spacial score (nSPS) is 12.1. The Balaban J connectivity index is 1.81. The number of nitrogens with one attached hydrogen (secondary N) is 1. The molecule has 0 aliphatic carbocycles. The van der Waals surface area contributed by atoms with Crippen molar-refractivity contribution in [3.63, 3.8) is 0 Å². The molecule has 0 radical (unpaired) electrons. The number of benzene rings is 2. The van der Waals surface area contributed by atoms with E-state index in [1.54, 1.807) is 23.6 Å². The second-order valence-electron chi connectivity index (χ2n) is 7.32. The van der Waals surface area contributed by atoms with E-state index in [1.807, 2.05) is 24.3 Å². The highest BCUT2D eigenvalue weighted by molar-refractivity contribution is 7.71. The van der Waals surface area contributed by atoms with Gasteiger partial charge in [0.25, 0.3) is 0 Å². The van der Waals surface area contributed by atoms with Crippen LogP contribution in [0.15, 0.2) is 30.3 Å². The zero-order valence-corrected chi connectivity index (χ0v) is 18.6. The molecule has 0 bridgehead atoms. The van der Waals surface area contributed by atoms with Gasteiger partial charge in [0.05, 0.1) is 27.0 Å². The van der Waals surface area contributed by atoms with E-state index in [4.69, 9.17) is 21.7 Å². The van der Waals surface area contributed by atoms with Gasteiger partial charge in [-0.15, -0.1) is 0 Å². The first kappa shape index (κ1) is 21.0. The summed E-state index contributed by atoms with van der Waals surface area (Å²) in [7, 11) is 5.41. The molecule has 1 N–H and O–H groups in total. The number of hydrogen-bond donors (Lipinski definition) is 1. The predicted octanol–water partition coefficient (Wildman–Crippen LogP) is 2.41. The molecule has 0 spiro atoms. The standard InChI is InChI=1S/C21H27N5O2S/c1-14-8-7-9-18(16(14)3)26-21(29)25(22-23-26)13-24(4)12-17-11-20(28-6)19(27-5)10-15(17)2/h7-11H,12-13H2,1-6H3/p+1. The summed E-state index contributed by atoms with van der Waals surface area (Å²) in [6.45, 7) is 7.63. The fraction of sp³-hybridized carbons (Fsp3) is 0.381. The van der Waals surface area contributed by atoms with Gasteiger partial charge in [0.15, 0.2) is 18.2 Å². The quantitative estimate of drug-likeness (QED) is 0.602. The van der Waals surface area contributed by atoms with Crippen molar-refractivity contribution in [2.24, 2.45) is 0 Å². The van der Waals surface area contributed by atoms with Crippen LogP contribution < -0.4 is 14.4 Å². The summed E-state index contributed by atoms with van der Waals surface area (Å²) in [5.74, 6) is 1.48. The smallest absolute Gasteiger partial charge is 0.225 e. The molecule has 154 valence electrons. The van der Waals surface area contributed by atoms with E-state index in [1.165, 1.54) is 16.0 Å². The molecule has 8 heteroatoms. The molecular formula is C21H28N5O2S+. The van der Waals surface area contributed by atoms with Crippen molar-refractivity contribution in [1.82, 2.24) is 19.8 Å². The summed E-state index contributed by atoms with van der Waals surface area (Å²) in [6.07, 6.45) is 0. The van der Waals surface area contributed by atoms with Gasteiger partial charge in [0.2, 0.25) is 4.77 Å². The van der Waals surface area contributed by atoms with Crippen molar-refractivity contribution in [3.8, 4) is 17.2 Å². The number of tetrazole rings is 1. The van der Waals surface area contributed by atoms with E-state index in [0.29, 0.717) is 11.4 Å². The molecule has 7 nitrogen and oxygen atoms in total. The molecule has 3 rings (SSSR count). The highest BCUT2D eigenvalue weighted by atomic mass is 32.1. The van der Waals surface area contributed by atoms with Crippen molar-refractivity contribution in [2.45, 2.75) is 34.0 Å². The Labute approximate surface area is 176 Å². The van der Waals surface area contributed by atoms with Gasteiger partial charge in [-0.25, -0.2) is 0 Å². The van der Waals surface area contributed by atoms with Crippen molar-refractivity contribution in [1.29, 1.82) is 0 Å². The van der Waals surface area contributed by atoms with Gasteiger partial charge in [-0.2, -0.15) is 9.36 Å². The first-order valence-corrected chi connectivity index (χ1v) is 9.88. The minimum atomic E-state index is 0.585. The third-order valence-electron chi connectivity index (χ3n) is 5.20. The van der Waals surface area contributed by atoms with Gasteiger partial charge >= 0.3 is 0 Å². The molecule has 3 aromatic rings. The molecular weight excluding hydrogens is 386 g/mol. The lowest BCUT2D eigenvalue weighted by molar-refractivity contribution is -0.917. The van der Waals surface area contributed by atoms with E-state index >= 15 is 0 Å². The van der Waals surface area contributed by atoms with E-state index in [-0.39, 0.29) is 0 Å². The average molecular weight is 415 g/mol. The maximum atomic E-state index is 5.64. The van der Waals surface area contributed by atoms with Crippen LogP contribution in [0.25, 0.3) is 5.69 Å². The Morgan fingerprint density at radius 1 is 1.00 bits per heavy atom. The van der Waals surface area contributed by atoms with Crippen molar-refractivity contribution in [2.75, 3.05) is 21.3 Å². The van der Waals surface area contributed by atoms with E-state index in [0.717, 1.165) is 34.9 Å². The van der Waals surface area contributed by atoms with Crippen molar-refractivity contribution < 1.29 is 14.4 Å². The third-order valence-corrected chi connectivity index (χ3v) is 5.58. The summed E-state index contributed by atoms with van der Waals surface area (Å²) in [5, 5.41) is 8.58. The maximum absolute atomic E-state index is 5.64. The van der Waals surface area contributed by atoms with Crippen LogP contribution in [-0.4, -0.2) is 41.1 Å². The van der Waals surface area contributed by atoms with Crippen LogP contribution in [-0.2, 0) is 13.2 Å². The van der Waals surface area contributed by atoms with Crippen LogP contribution in [0, 0.1) is 25.5 Å². The van der Waals surface area contributed by atoms with E-state index in [9.17, 15) is 0 Å². The fourth-order valence-electron chi connectivity index (χ4n) is 3.34. The summed E-state index contributed by atoms with van der Waals surface area (Å²) in [6, 6.07) is 10.1. The molecule has 0 aliphatic heterocycles. The van der Waals surface area contributed by atoms with Gasteiger partial charge in [-0.05, 0) is 78.3 Å². The SMILES string of the molecule is COc1cc(C)c(C[NH+](C)Cn2nnn(-c3cccc(C)c3C)c2=S)cc1OC. The molecule has 2 aromatic carbocycles. The number of aryl methyl sites for hydroxylation is 2. The molecule has 0 saturated heterocycles. The highest BCUT2D eigenvalue weighted by Gasteiger charge is 2.15. The molecule has 0 fully saturated rings. The highest BCUT2D eigenvalue weighted by Crippen LogP contribution is 2.29. The molecule has 29 heavy (non-hydrogen) atoms. The second-order valence-corrected chi connectivity index (χ2v) is 7.68. The lowest BCUT2D eigenvalue weighted by Crippen LogP contribution is -3.07. The van der Waals surface area contributed by atoms with Crippen LogP contribution in [0.5, 0.6) is 11.5 Å². The number of hydrogen-bond acceptors (Lipinski definition) is 5. The first-order chi connectivity index (χ1) is 13.8. The predicted molar refractivity (Wildman–Crippen MR) is 115 cm³/mol. The molecule has 1 aromatic heterocycles. The van der Waals surface area contributed by atoms with Crippen LogP contribution in [0.3, 0.4) is 0 Å². The molecule has 1 heterocycles. The Morgan fingerprint density at radius 2 is 1.69 bits per heavy atom. The van der Waals surface area contributed by atoms with Crippen molar-refractivity contribution >= 4 is 12.2 Å². The Kier molecular flexibility index (Phi) is 6.34. The summed E-state index contributed by atoms with van der Waals surface area (Å²) < 4.78 is 14.9. The average Bonchev–Trinajstić information content (AvgIpc) is 3.05. The van der Waals surface area contributed by atoms with E-state index < -0.39 is 0 Å². The molecule has 1 atom stereocenters. The molecule has 1 unspecified atom stereocenters. The minimum absolute atomic E-state index is 0.585. The fourth-order valence-corrected chi connectivity index (χ4v) is 3.58. The largest absolute Gasteiger partial charge is 0.493 e. The van der Waals surface area contributed by atoms with Crippen molar-refractivity contribution in [3.05, 3.63) is 57.4 Å². The Hall–Kier alpha value is -2.71. The molecule has 0 aliphatic rings. The number of methoxy groups -OCH3 is 2. The van der Waals surface area contributed by atoms with Gasteiger partial charge in [-0.1, -0.05) is 12.1 Å². The van der Waals surface area contributed by atoms with Gasteiger partial charge in [-0.3, -0.25) is 0 Å². The molecule has 0 amide bonds. The minimum Gasteiger partial charge on any atom is -0.493 e. The van der Waals surface area contributed by atoms with Gasteiger partial charge < -0.3 is 14.4 Å². The molecule has 0 saturated carbocycles. The third kappa shape index (κ3) is 4.33. The number of quaternary nitrogens is 1. The first-order valence-electron chi connectivity index (χ1n) is 9.48. The number of nitrogens with zero attached hydrogens (tertiary/aromatic N) is 4. The van der Waals surface area contributed by atoms with Gasteiger partial charge in [0, 0.05) is 5.56 Å². The zero-order valence-electron chi connectivity index (χ0n) is 17.8. The summed E-state index contributed by atoms with van der Waals surface area (Å²) >= 11 is 5.64. The summed E-state index contributed by atoms with van der Waals surface area (Å²) in [5.41, 5.74) is 5.66. The Morgan fingerprint density at radius 3 is 2.38 bits per heavy atom. The maximum Gasteiger partial charge on any atom is 0.225 e.